The van der Waals surface area contributed by atoms with Crippen molar-refractivity contribution in [2.75, 3.05) is 13.2 Å². The maximum Gasteiger partial charge on any atom is 0.305 e. The Morgan fingerprint density at radius 1 is 0.519 bits per heavy atom. The normalized spacial score (nSPS) is 10.3. The highest BCUT2D eigenvalue weighted by Gasteiger charge is 2.06. The minimum atomic E-state index is -0.140. The average Bonchev–Trinajstić information content (AvgIpc) is 2.64. The van der Waals surface area contributed by atoms with Gasteiger partial charge < -0.3 is 9.47 Å². The van der Waals surface area contributed by atoms with E-state index in [1.165, 1.54) is 51.4 Å². The second-order valence-electron chi connectivity index (χ2n) is 7.18. The summed E-state index contributed by atoms with van der Waals surface area (Å²) in [7, 11) is 0. The smallest absolute Gasteiger partial charge is 0.305 e. The molecule has 0 aliphatic carbocycles. The van der Waals surface area contributed by atoms with Crippen LogP contribution in [0.1, 0.15) is 124 Å². The molecule has 0 rings (SSSR count). The molecule has 0 fully saturated rings. The molecule has 0 aliphatic rings. The van der Waals surface area contributed by atoms with E-state index >= 15 is 0 Å². The first-order chi connectivity index (χ1) is 12.7. The van der Waals surface area contributed by atoms with Crippen molar-refractivity contribution >= 4 is 11.9 Å². The fraction of sp³-hybridized carbons (Fsp3) is 0.913. The Morgan fingerprint density at radius 2 is 0.852 bits per heavy atom. The highest BCUT2D eigenvalue weighted by atomic mass is 16.5. The largest absolute Gasteiger partial charge is 0.466 e. The average molecular weight is 387 g/mol. The quantitative estimate of drug-likeness (QED) is 0.177. The Kier molecular flexibility index (Phi) is 24.0. The van der Waals surface area contributed by atoms with E-state index in [1.807, 2.05) is 0 Å². The van der Waals surface area contributed by atoms with Gasteiger partial charge in [0.2, 0.25) is 0 Å². The maximum atomic E-state index is 11.6. The number of ether oxygens (including phenoxy) is 2. The molecule has 4 nitrogen and oxygen atoms in total. The van der Waals surface area contributed by atoms with Crippen LogP contribution in [0.4, 0.5) is 0 Å². The number of hydrogen-bond donors (Lipinski definition) is 0. The fourth-order valence-corrected chi connectivity index (χ4v) is 2.82. The molecule has 0 aromatic carbocycles. The highest BCUT2D eigenvalue weighted by Crippen LogP contribution is 2.08. The Hall–Kier alpha value is -1.06. The van der Waals surface area contributed by atoms with Crippen molar-refractivity contribution in [3.05, 3.63) is 0 Å². The van der Waals surface area contributed by atoms with Crippen LogP contribution in [0.5, 0.6) is 0 Å². The van der Waals surface area contributed by atoms with Crippen LogP contribution in [0.15, 0.2) is 0 Å². The third-order valence-electron chi connectivity index (χ3n) is 4.53. The number of unbranched alkanes of at least 4 members (excludes halogenated alkanes) is 11. The van der Waals surface area contributed by atoms with E-state index in [4.69, 9.17) is 9.47 Å². The molecule has 0 bridgehead atoms. The summed E-state index contributed by atoms with van der Waals surface area (Å²) in [6, 6.07) is 0. The molecule has 0 atom stereocenters. The minimum absolute atomic E-state index is 0. The van der Waals surface area contributed by atoms with Crippen LogP contribution in [-0.2, 0) is 19.1 Å². The first kappa shape index (κ1) is 28.2. The molecule has 0 amide bonds. The Morgan fingerprint density at radius 3 is 1.22 bits per heavy atom. The summed E-state index contributed by atoms with van der Waals surface area (Å²) in [5.74, 6) is -0.280. The van der Waals surface area contributed by atoms with Crippen molar-refractivity contribution in [1.82, 2.24) is 0 Å². The van der Waals surface area contributed by atoms with Gasteiger partial charge >= 0.3 is 11.9 Å². The van der Waals surface area contributed by atoms with E-state index in [2.05, 4.69) is 13.8 Å². The lowest BCUT2D eigenvalue weighted by molar-refractivity contribution is -0.146. The zero-order valence-electron chi connectivity index (χ0n) is 17.4. The molecule has 0 saturated heterocycles. The van der Waals surface area contributed by atoms with E-state index in [-0.39, 0.29) is 19.4 Å². The summed E-state index contributed by atoms with van der Waals surface area (Å²) in [6.07, 6.45) is 16.5. The van der Waals surface area contributed by atoms with Crippen LogP contribution < -0.4 is 0 Å². The van der Waals surface area contributed by atoms with Gasteiger partial charge in [-0.05, 0) is 25.7 Å². The SMILES string of the molecule is C.CCCCCCCCOC(=O)CCCCC(=O)OCCCCCCCC. The van der Waals surface area contributed by atoms with E-state index in [0.29, 0.717) is 38.9 Å². The van der Waals surface area contributed by atoms with Crippen LogP contribution in [0.25, 0.3) is 0 Å². The molecule has 4 heteroatoms. The van der Waals surface area contributed by atoms with Crippen LogP contribution in [0, 0.1) is 0 Å². The summed E-state index contributed by atoms with van der Waals surface area (Å²) >= 11 is 0. The second-order valence-corrected chi connectivity index (χ2v) is 7.18. The van der Waals surface area contributed by atoms with E-state index in [9.17, 15) is 9.59 Å². The van der Waals surface area contributed by atoms with E-state index < -0.39 is 0 Å². The van der Waals surface area contributed by atoms with Gasteiger partial charge in [0.1, 0.15) is 0 Å². The number of esters is 2. The number of carbonyl (C=O) groups excluding carboxylic acids is 2. The van der Waals surface area contributed by atoms with Crippen LogP contribution in [0.3, 0.4) is 0 Å². The predicted octanol–water partition coefficient (Wildman–Crippen LogP) is 6.99. The molecule has 0 spiro atoms. The maximum absolute atomic E-state index is 11.6. The zero-order valence-corrected chi connectivity index (χ0v) is 17.4. The molecule has 0 heterocycles. The summed E-state index contributed by atoms with van der Waals surface area (Å²) in [5, 5.41) is 0. The van der Waals surface area contributed by atoms with Crippen molar-refractivity contribution in [2.24, 2.45) is 0 Å². The molecule has 0 aromatic heterocycles. The Bertz CT molecular complexity index is 296. The highest BCUT2D eigenvalue weighted by molar-refractivity contribution is 5.70. The van der Waals surface area contributed by atoms with Gasteiger partial charge in [0.15, 0.2) is 0 Å². The summed E-state index contributed by atoms with van der Waals surface area (Å²) in [6.45, 7) is 5.48. The third-order valence-corrected chi connectivity index (χ3v) is 4.53. The van der Waals surface area contributed by atoms with Crippen molar-refractivity contribution in [2.45, 2.75) is 124 Å². The van der Waals surface area contributed by atoms with Gasteiger partial charge in [-0.25, -0.2) is 0 Å². The Labute approximate surface area is 168 Å². The first-order valence-corrected chi connectivity index (χ1v) is 11.0. The standard InChI is InChI=1S/C22H42O4.CH4/c1-3-5-7-9-11-15-19-25-21(23)17-13-14-18-22(24)26-20-16-12-10-8-6-4-2;/h3-20H2,1-2H3;1H4. The van der Waals surface area contributed by atoms with Gasteiger partial charge in [0, 0.05) is 12.8 Å². The predicted molar refractivity (Wildman–Crippen MR) is 114 cm³/mol. The van der Waals surface area contributed by atoms with Gasteiger partial charge in [-0.15, -0.1) is 0 Å². The molecular weight excluding hydrogens is 340 g/mol. The molecule has 162 valence electrons. The molecule has 27 heavy (non-hydrogen) atoms. The molecule has 0 aliphatic heterocycles. The molecule has 0 N–H and O–H groups in total. The van der Waals surface area contributed by atoms with Gasteiger partial charge in [0.25, 0.3) is 0 Å². The van der Waals surface area contributed by atoms with Gasteiger partial charge in [-0.2, -0.15) is 0 Å². The monoisotopic (exact) mass is 386 g/mol. The number of rotatable bonds is 19. The minimum Gasteiger partial charge on any atom is -0.466 e. The third kappa shape index (κ3) is 22.9. The van der Waals surface area contributed by atoms with E-state index in [1.54, 1.807) is 0 Å². The molecule has 0 aromatic rings. The van der Waals surface area contributed by atoms with Crippen LogP contribution in [0.2, 0.25) is 0 Å². The van der Waals surface area contributed by atoms with Crippen molar-refractivity contribution in [3.63, 3.8) is 0 Å². The molecule has 0 unspecified atom stereocenters. The molecule has 0 saturated carbocycles. The second kappa shape index (κ2) is 23.0. The van der Waals surface area contributed by atoms with Gasteiger partial charge in [-0.1, -0.05) is 85.5 Å². The lowest BCUT2D eigenvalue weighted by Gasteiger charge is -2.06. The molecule has 0 radical (unpaired) electrons. The summed E-state index contributed by atoms with van der Waals surface area (Å²) in [5.41, 5.74) is 0. The van der Waals surface area contributed by atoms with Gasteiger partial charge in [0.05, 0.1) is 13.2 Å². The van der Waals surface area contributed by atoms with Crippen LogP contribution in [-0.4, -0.2) is 25.2 Å². The first-order valence-electron chi connectivity index (χ1n) is 11.0. The van der Waals surface area contributed by atoms with Crippen molar-refractivity contribution in [1.29, 1.82) is 0 Å². The summed E-state index contributed by atoms with van der Waals surface area (Å²) < 4.78 is 10.4. The van der Waals surface area contributed by atoms with Crippen molar-refractivity contribution < 1.29 is 19.1 Å². The Balaban J connectivity index is 0. The van der Waals surface area contributed by atoms with E-state index in [0.717, 1.165) is 25.7 Å². The zero-order chi connectivity index (χ0) is 19.3. The van der Waals surface area contributed by atoms with Crippen LogP contribution >= 0.6 is 0 Å². The number of carbonyl (C=O) groups is 2. The fourth-order valence-electron chi connectivity index (χ4n) is 2.82. The lowest BCUT2D eigenvalue weighted by atomic mass is 10.1. The van der Waals surface area contributed by atoms with Gasteiger partial charge in [-0.3, -0.25) is 9.59 Å². The lowest BCUT2D eigenvalue weighted by Crippen LogP contribution is -2.08. The molecular formula is C23H46O4. The number of hydrogen-bond acceptors (Lipinski definition) is 4. The summed E-state index contributed by atoms with van der Waals surface area (Å²) in [4.78, 5) is 23.2. The van der Waals surface area contributed by atoms with Crippen molar-refractivity contribution in [3.8, 4) is 0 Å². The topological polar surface area (TPSA) is 52.6 Å².